The Balaban J connectivity index is 2.19. The Labute approximate surface area is 179 Å². The number of carbonyl (C=O) groups is 1. The van der Waals surface area contributed by atoms with Crippen LogP contribution in [0.2, 0.25) is 0 Å². The van der Waals surface area contributed by atoms with Gasteiger partial charge in [-0.15, -0.1) is 0 Å². The molecule has 0 radical (unpaired) electrons. The molecular weight excluding hydrogens is 374 g/mol. The Morgan fingerprint density at radius 2 is 1.90 bits per heavy atom. The highest BCUT2D eigenvalue weighted by molar-refractivity contribution is 6.06. The number of aryl methyl sites for hydroxylation is 1. The number of nitrogens with zero attached hydrogens (tertiary/aromatic N) is 5. The van der Waals surface area contributed by atoms with Crippen molar-refractivity contribution in [2.24, 2.45) is 0 Å². The molecule has 0 atom stereocenters. The van der Waals surface area contributed by atoms with Crippen molar-refractivity contribution in [3.8, 4) is 0 Å². The minimum atomic E-state index is -0.233. The van der Waals surface area contributed by atoms with Crippen LogP contribution in [0.4, 0.5) is 0 Å². The Hall–Kier alpha value is -2.76. The summed E-state index contributed by atoms with van der Waals surface area (Å²) in [5.41, 5.74) is 3.96. The minimum Gasteiger partial charge on any atom is -0.332 e. The molecule has 0 aromatic carbocycles. The fraction of sp³-hybridized carbons (Fsp3) is 0.500. The molecule has 0 aliphatic carbocycles. The molecule has 30 heavy (non-hydrogen) atoms. The van der Waals surface area contributed by atoms with Crippen LogP contribution < -0.4 is 0 Å². The Morgan fingerprint density at radius 3 is 2.43 bits per heavy atom. The third-order valence-electron chi connectivity index (χ3n) is 5.25. The third kappa shape index (κ3) is 4.23. The lowest BCUT2D eigenvalue weighted by Gasteiger charge is -2.27. The van der Waals surface area contributed by atoms with Crippen molar-refractivity contribution in [2.45, 2.75) is 79.4 Å². The van der Waals surface area contributed by atoms with Gasteiger partial charge in [0.1, 0.15) is 0 Å². The summed E-state index contributed by atoms with van der Waals surface area (Å²) in [6.45, 7) is 17.1. The zero-order valence-corrected chi connectivity index (χ0v) is 19.4. The first-order valence-electron chi connectivity index (χ1n) is 10.6. The van der Waals surface area contributed by atoms with Crippen LogP contribution in [0.3, 0.4) is 0 Å². The molecule has 160 valence electrons. The van der Waals surface area contributed by atoms with E-state index < -0.39 is 0 Å². The lowest BCUT2D eigenvalue weighted by molar-refractivity contribution is 0.0692. The van der Waals surface area contributed by atoms with E-state index in [1.54, 1.807) is 6.20 Å². The second-order valence-corrected chi connectivity index (χ2v) is 9.50. The van der Waals surface area contributed by atoms with Crippen LogP contribution in [0, 0.1) is 6.92 Å². The zero-order chi connectivity index (χ0) is 22.2. The maximum atomic E-state index is 13.8. The molecule has 0 saturated carbocycles. The van der Waals surface area contributed by atoms with E-state index in [1.807, 2.05) is 54.7 Å². The first-order chi connectivity index (χ1) is 14.0. The predicted octanol–water partition coefficient (Wildman–Crippen LogP) is 5.06. The van der Waals surface area contributed by atoms with Gasteiger partial charge in [0.15, 0.2) is 5.65 Å². The molecule has 6 nitrogen and oxygen atoms in total. The second-order valence-electron chi connectivity index (χ2n) is 9.50. The summed E-state index contributed by atoms with van der Waals surface area (Å²) in [4.78, 5) is 24.8. The summed E-state index contributed by atoms with van der Waals surface area (Å²) in [5, 5.41) is 5.61. The van der Waals surface area contributed by atoms with E-state index >= 15 is 0 Å². The van der Waals surface area contributed by atoms with Crippen molar-refractivity contribution >= 4 is 16.9 Å². The van der Waals surface area contributed by atoms with Crippen molar-refractivity contribution in [2.75, 3.05) is 0 Å². The molecule has 3 rings (SSSR count). The summed E-state index contributed by atoms with van der Waals surface area (Å²) >= 11 is 0. The Morgan fingerprint density at radius 1 is 1.20 bits per heavy atom. The van der Waals surface area contributed by atoms with Crippen molar-refractivity contribution in [1.29, 1.82) is 0 Å². The topological polar surface area (TPSA) is 63.9 Å². The van der Waals surface area contributed by atoms with Gasteiger partial charge in [-0.3, -0.25) is 9.78 Å². The maximum Gasteiger partial charge on any atom is 0.255 e. The number of rotatable bonds is 5. The highest BCUT2D eigenvalue weighted by Gasteiger charge is 2.28. The molecule has 0 aliphatic heterocycles. The quantitative estimate of drug-likeness (QED) is 0.593. The predicted molar refractivity (Wildman–Crippen MR) is 121 cm³/mol. The van der Waals surface area contributed by atoms with Gasteiger partial charge in [0.2, 0.25) is 0 Å². The molecule has 0 N–H and O–H groups in total. The molecule has 3 heterocycles. The SMILES string of the molecule is Cc1nn(C(C)(C)C)c2nc(C(C)C)cc(C(=O)N(Cc3cccnc3)C(C)C)c12. The molecule has 1 amide bonds. The fourth-order valence-corrected chi connectivity index (χ4v) is 3.57. The summed E-state index contributed by atoms with van der Waals surface area (Å²) in [5.74, 6) is 0.204. The first-order valence-corrected chi connectivity index (χ1v) is 10.6. The molecular formula is C24H33N5O. The number of hydrogen-bond donors (Lipinski definition) is 0. The number of carbonyl (C=O) groups excluding carboxylic acids is 1. The number of hydrogen-bond acceptors (Lipinski definition) is 4. The molecule has 3 aromatic rings. The monoisotopic (exact) mass is 407 g/mol. The Bertz CT molecular complexity index is 1040. The lowest BCUT2D eigenvalue weighted by Crippen LogP contribution is -2.36. The molecule has 0 spiro atoms. The van der Waals surface area contributed by atoms with Gasteiger partial charge in [-0.2, -0.15) is 5.10 Å². The molecule has 0 aliphatic rings. The average Bonchev–Trinajstić information content (AvgIpc) is 3.02. The van der Waals surface area contributed by atoms with E-state index in [-0.39, 0.29) is 23.4 Å². The van der Waals surface area contributed by atoms with E-state index in [0.29, 0.717) is 12.1 Å². The summed E-state index contributed by atoms with van der Waals surface area (Å²) in [6.07, 6.45) is 3.56. The number of amides is 1. The summed E-state index contributed by atoms with van der Waals surface area (Å²) in [7, 11) is 0. The van der Waals surface area contributed by atoms with Crippen LogP contribution in [-0.4, -0.2) is 36.6 Å². The third-order valence-corrected chi connectivity index (χ3v) is 5.25. The van der Waals surface area contributed by atoms with Crippen LogP contribution in [0.1, 0.15) is 81.7 Å². The largest absolute Gasteiger partial charge is 0.332 e. The molecule has 0 saturated heterocycles. The van der Waals surface area contributed by atoms with Crippen molar-refractivity contribution < 1.29 is 4.79 Å². The van der Waals surface area contributed by atoms with E-state index in [0.717, 1.165) is 28.0 Å². The van der Waals surface area contributed by atoms with Gasteiger partial charge in [-0.25, -0.2) is 9.67 Å². The number of aromatic nitrogens is 4. The van der Waals surface area contributed by atoms with Gasteiger partial charge < -0.3 is 4.90 Å². The van der Waals surface area contributed by atoms with Crippen LogP contribution in [0.15, 0.2) is 30.6 Å². The fourth-order valence-electron chi connectivity index (χ4n) is 3.57. The highest BCUT2D eigenvalue weighted by atomic mass is 16.2. The second kappa shape index (κ2) is 8.17. The van der Waals surface area contributed by atoms with E-state index in [2.05, 4.69) is 39.6 Å². The van der Waals surface area contributed by atoms with Crippen LogP contribution in [0.5, 0.6) is 0 Å². The summed E-state index contributed by atoms with van der Waals surface area (Å²) in [6, 6.07) is 5.90. The number of fused-ring (bicyclic) bond motifs is 1. The van der Waals surface area contributed by atoms with Crippen LogP contribution in [-0.2, 0) is 12.1 Å². The standard InChI is InChI=1S/C24H33N5O/c1-15(2)20-12-19(21-17(5)27-29(22(21)26-20)24(6,7)8)23(30)28(16(3)4)14-18-10-9-11-25-13-18/h9-13,15-16H,14H2,1-8H3. The van der Waals surface area contributed by atoms with Crippen molar-refractivity contribution in [3.63, 3.8) is 0 Å². The summed E-state index contributed by atoms with van der Waals surface area (Å²) < 4.78 is 1.95. The van der Waals surface area contributed by atoms with E-state index in [9.17, 15) is 4.79 Å². The molecule has 3 aromatic heterocycles. The van der Waals surface area contributed by atoms with Gasteiger partial charge in [-0.05, 0) is 65.2 Å². The highest BCUT2D eigenvalue weighted by Crippen LogP contribution is 2.30. The number of pyridine rings is 2. The molecule has 6 heteroatoms. The first kappa shape index (κ1) is 21.9. The van der Waals surface area contributed by atoms with Crippen molar-refractivity contribution in [3.05, 3.63) is 53.1 Å². The van der Waals surface area contributed by atoms with Crippen molar-refractivity contribution in [1.82, 2.24) is 24.6 Å². The van der Waals surface area contributed by atoms with Crippen LogP contribution in [0.25, 0.3) is 11.0 Å². The van der Waals surface area contributed by atoms with Gasteiger partial charge in [0, 0.05) is 30.7 Å². The Kier molecular flexibility index (Phi) is 5.97. The van der Waals surface area contributed by atoms with Crippen LogP contribution >= 0.6 is 0 Å². The van der Waals surface area contributed by atoms with Gasteiger partial charge in [-0.1, -0.05) is 19.9 Å². The van der Waals surface area contributed by atoms with Gasteiger partial charge >= 0.3 is 0 Å². The molecule has 0 bridgehead atoms. The smallest absolute Gasteiger partial charge is 0.255 e. The zero-order valence-electron chi connectivity index (χ0n) is 19.4. The minimum absolute atomic E-state index is 0.000266. The van der Waals surface area contributed by atoms with Gasteiger partial charge in [0.25, 0.3) is 5.91 Å². The lowest BCUT2D eigenvalue weighted by atomic mass is 10.0. The maximum absolute atomic E-state index is 13.8. The van der Waals surface area contributed by atoms with E-state index in [1.165, 1.54) is 0 Å². The average molecular weight is 408 g/mol. The molecule has 0 fully saturated rings. The van der Waals surface area contributed by atoms with Gasteiger partial charge in [0.05, 0.1) is 22.2 Å². The van der Waals surface area contributed by atoms with E-state index in [4.69, 9.17) is 10.1 Å². The molecule has 0 unspecified atom stereocenters. The normalized spacial score (nSPS) is 12.2.